The second kappa shape index (κ2) is 7.23. The van der Waals surface area contributed by atoms with Crippen LogP contribution in [0.15, 0.2) is 24.3 Å². The Kier molecular flexibility index (Phi) is 5.32. The molecule has 0 aliphatic heterocycles. The van der Waals surface area contributed by atoms with E-state index in [0.29, 0.717) is 18.4 Å². The van der Waals surface area contributed by atoms with Crippen molar-refractivity contribution in [2.24, 2.45) is 0 Å². The van der Waals surface area contributed by atoms with E-state index in [2.05, 4.69) is 15.5 Å². The van der Waals surface area contributed by atoms with Crippen LogP contribution in [0.5, 0.6) is 0 Å². The van der Waals surface area contributed by atoms with Gasteiger partial charge < -0.3 is 15.2 Å². The number of rotatable bonds is 7. The van der Waals surface area contributed by atoms with Gasteiger partial charge >= 0.3 is 0 Å². The summed E-state index contributed by atoms with van der Waals surface area (Å²) in [5.74, 6) is 0.724. The first-order valence-electron chi connectivity index (χ1n) is 6.16. The van der Waals surface area contributed by atoms with Crippen molar-refractivity contribution in [3.05, 3.63) is 29.4 Å². The van der Waals surface area contributed by atoms with Crippen molar-refractivity contribution in [3.8, 4) is 0 Å². The van der Waals surface area contributed by atoms with Crippen molar-refractivity contribution in [1.29, 1.82) is 0 Å². The molecule has 6 heteroatoms. The normalized spacial score (nSPS) is 10.8. The Morgan fingerprint density at radius 1 is 1.16 bits per heavy atom. The van der Waals surface area contributed by atoms with E-state index in [9.17, 15) is 0 Å². The van der Waals surface area contributed by atoms with Crippen molar-refractivity contribution in [2.45, 2.75) is 6.42 Å². The lowest BCUT2D eigenvalue weighted by Crippen LogP contribution is -2.09. The van der Waals surface area contributed by atoms with Crippen LogP contribution in [0, 0.1) is 0 Å². The third kappa shape index (κ3) is 3.76. The van der Waals surface area contributed by atoms with E-state index in [-0.39, 0.29) is 6.61 Å². The quantitative estimate of drug-likeness (QED) is 0.761. The van der Waals surface area contributed by atoms with Gasteiger partial charge in [0.05, 0.1) is 13.2 Å². The molecule has 5 nitrogen and oxygen atoms in total. The summed E-state index contributed by atoms with van der Waals surface area (Å²) in [5, 5.41) is 22.0. The lowest BCUT2D eigenvalue weighted by molar-refractivity contribution is 0.0922. The molecule has 102 valence electrons. The molecule has 0 saturated carbocycles. The molecule has 0 bridgehead atoms. The highest BCUT2D eigenvalue weighted by atomic mass is 35.5. The highest BCUT2D eigenvalue weighted by molar-refractivity contribution is 6.34. The van der Waals surface area contributed by atoms with Gasteiger partial charge in [0.2, 0.25) is 0 Å². The smallest absolute Gasteiger partial charge is 0.159 e. The first kappa shape index (κ1) is 14.0. The van der Waals surface area contributed by atoms with Crippen molar-refractivity contribution >= 4 is 28.2 Å². The molecule has 0 unspecified atom stereocenters. The van der Waals surface area contributed by atoms with Crippen LogP contribution < -0.4 is 5.32 Å². The first-order chi connectivity index (χ1) is 9.33. The van der Waals surface area contributed by atoms with Crippen LogP contribution in [0.1, 0.15) is 6.42 Å². The maximum atomic E-state index is 8.57. The number of nitrogens with zero attached hydrogens (tertiary/aromatic N) is 2. The molecule has 1 aromatic carbocycles. The molecule has 0 aliphatic carbocycles. The highest BCUT2D eigenvalue weighted by Crippen LogP contribution is 2.25. The maximum Gasteiger partial charge on any atom is 0.159 e. The monoisotopic (exact) mass is 281 g/mol. The summed E-state index contributed by atoms with van der Waals surface area (Å²) in [6.45, 7) is 1.77. The summed E-state index contributed by atoms with van der Waals surface area (Å²) >= 11 is 6.00. The van der Waals surface area contributed by atoms with Crippen LogP contribution in [0.25, 0.3) is 10.8 Å². The van der Waals surface area contributed by atoms with Crippen molar-refractivity contribution in [1.82, 2.24) is 10.2 Å². The van der Waals surface area contributed by atoms with Gasteiger partial charge in [-0.05, 0) is 6.42 Å². The number of ether oxygens (including phenoxy) is 1. The second-order valence-electron chi connectivity index (χ2n) is 4.00. The summed E-state index contributed by atoms with van der Waals surface area (Å²) in [6, 6.07) is 7.74. The average molecular weight is 282 g/mol. The molecular formula is C13H16ClN3O2. The molecule has 0 fully saturated rings. The standard InChI is InChI=1S/C13H16ClN3O2/c14-12-10-4-1-2-5-11(10)13(17-16-12)15-6-3-8-19-9-7-18/h1-2,4-5,18H,3,6-9H2,(H,15,17). The Balaban J connectivity index is 1.96. The summed E-state index contributed by atoms with van der Waals surface area (Å²) < 4.78 is 5.18. The van der Waals surface area contributed by atoms with Gasteiger partial charge in [0.1, 0.15) is 0 Å². The topological polar surface area (TPSA) is 67.3 Å². The molecule has 0 spiro atoms. The minimum Gasteiger partial charge on any atom is -0.394 e. The van der Waals surface area contributed by atoms with Gasteiger partial charge in [0.15, 0.2) is 11.0 Å². The molecule has 2 N–H and O–H groups in total. The predicted octanol–water partition coefficient (Wildman–Crippen LogP) is 2.09. The van der Waals surface area contributed by atoms with Crippen LogP contribution in [0.2, 0.25) is 5.15 Å². The summed E-state index contributed by atoms with van der Waals surface area (Å²) in [7, 11) is 0. The molecular weight excluding hydrogens is 266 g/mol. The van der Waals surface area contributed by atoms with Gasteiger partial charge in [-0.3, -0.25) is 0 Å². The van der Waals surface area contributed by atoms with E-state index in [4.69, 9.17) is 21.4 Å². The summed E-state index contributed by atoms with van der Waals surface area (Å²) in [5.41, 5.74) is 0. The number of fused-ring (bicyclic) bond motifs is 1. The SMILES string of the molecule is OCCOCCCNc1nnc(Cl)c2ccccc12. The Morgan fingerprint density at radius 2 is 1.95 bits per heavy atom. The fourth-order valence-electron chi connectivity index (χ4n) is 1.75. The zero-order chi connectivity index (χ0) is 13.5. The minimum atomic E-state index is 0.0563. The molecule has 0 amide bonds. The predicted molar refractivity (Wildman–Crippen MR) is 75.6 cm³/mol. The minimum absolute atomic E-state index is 0.0563. The molecule has 0 atom stereocenters. The molecule has 2 rings (SSSR count). The molecule has 0 aliphatic rings. The van der Waals surface area contributed by atoms with Gasteiger partial charge in [-0.1, -0.05) is 35.9 Å². The van der Waals surface area contributed by atoms with Gasteiger partial charge in [-0.25, -0.2) is 0 Å². The van der Waals surface area contributed by atoms with Crippen molar-refractivity contribution in [3.63, 3.8) is 0 Å². The molecule has 19 heavy (non-hydrogen) atoms. The Bertz CT molecular complexity index is 536. The largest absolute Gasteiger partial charge is 0.394 e. The highest BCUT2D eigenvalue weighted by Gasteiger charge is 2.06. The van der Waals surface area contributed by atoms with Gasteiger partial charge in [0, 0.05) is 23.9 Å². The lowest BCUT2D eigenvalue weighted by Gasteiger charge is -2.08. The fourth-order valence-corrected chi connectivity index (χ4v) is 1.95. The molecule has 1 heterocycles. The van der Waals surface area contributed by atoms with Gasteiger partial charge in [-0.15, -0.1) is 10.2 Å². The number of halogens is 1. The van der Waals surface area contributed by atoms with E-state index in [1.54, 1.807) is 0 Å². The maximum absolute atomic E-state index is 8.57. The van der Waals surface area contributed by atoms with Crippen LogP contribution in [0.4, 0.5) is 5.82 Å². The van der Waals surface area contributed by atoms with E-state index in [1.807, 2.05) is 24.3 Å². The Hall–Kier alpha value is -1.43. The van der Waals surface area contributed by atoms with Gasteiger partial charge in [0.25, 0.3) is 0 Å². The molecule has 1 aromatic heterocycles. The van der Waals surface area contributed by atoms with Crippen LogP contribution in [-0.4, -0.2) is 41.7 Å². The second-order valence-corrected chi connectivity index (χ2v) is 4.36. The van der Waals surface area contributed by atoms with E-state index >= 15 is 0 Å². The van der Waals surface area contributed by atoms with Crippen LogP contribution in [0.3, 0.4) is 0 Å². The summed E-state index contributed by atoms with van der Waals surface area (Å²) in [4.78, 5) is 0. The fraction of sp³-hybridized carbons (Fsp3) is 0.385. The number of benzene rings is 1. The average Bonchev–Trinajstić information content (AvgIpc) is 2.45. The number of aromatic nitrogens is 2. The number of nitrogens with one attached hydrogen (secondary N) is 1. The van der Waals surface area contributed by atoms with Crippen LogP contribution >= 0.6 is 11.6 Å². The van der Waals surface area contributed by atoms with E-state index < -0.39 is 0 Å². The van der Waals surface area contributed by atoms with E-state index in [1.165, 1.54) is 0 Å². The third-order valence-corrected chi connectivity index (χ3v) is 2.91. The summed E-state index contributed by atoms with van der Waals surface area (Å²) in [6.07, 6.45) is 0.832. The molecule has 2 aromatic rings. The Labute approximate surface area is 116 Å². The zero-order valence-corrected chi connectivity index (χ0v) is 11.2. The number of anilines is 1. The van der Waals surface area contributed by atoms with E-state index in [0.717, 1.165) is 29.6 Å². The molecule has 0 saturated heterocycles. The van der Waals surface area contributed by atoms with Crippen LogP contribution in [-0.2, 0) is 4.74 Å². The number of hydrogen-bond acceptors (Lipinski definition) is 5. The lowest BCUT2D eigenvalue weighted by atomic mass is 10.2. The Morgan fingerprint density at radius 3 is 2.74 bits per heavy atom. The van der Waals surface area contributed by atoms with Crippen molar-refractivity contribution in [2.75, 3.05) is 31.7 Å². The third-order valence-electron chi connectivity index (χ3n) is 2.64. The van der Waals surface area contributed by atoms with Crippen molar-refractivity contribution < 1.29 is 9.84 Å². The molecule has 0 radical (unpaired) electrons. The number of aliphatic hydroxyl groups excluding tert-OH is 1. The number of hydrogen-bond donors (Lipinski definition) is 2. The number of aliphatic hydroxyl groups is 1. The zero-order valence-electron chi connectivity index (χ0n) is 10.5. The van der Waals surface area contributed by atoms with Gasteiger partial charge in [-0.2, -0.15) is 0 Å². The first-order valence-corrected chi connectivity index (χ1v) is 6.54.